The van der Waals surface area contributed by atoms with Crippen LogP contribution in [0.1, 0.15) is 11.1 Å². The number of hydrogen-bond acceptors (Lipinski definition) is 4. The Hall–Kier alpha value is -1.72. The Morgan fingerprint density at radius 3 is 2.71 bits per heavy atom. The zero-order valence-electron chi connectivity index (χ0n) is 12.0. The van der Waals surface area contributed by atoms with Crippen molar-refractivity contribution in [1.82, 2.24) is 0 Å². The minimum absolute atomic E-state index is 0.142. The summed E-state index contributed by atoms with van der Waals surface area (Å²) in [6, 6.07) is 11.3. The zero-order chi connectivity index (χ0) is 15.2. The number of halogens is 1. The predicted molar refractivity (Wildman–Crippen MR) is 86.8 cm³/mol. The van der Waals surface area contributed by atoms with Gasteiger partial charge in [-0.2, -0.15) is 0 Å². The number of aromatic hydroxyl groups is 1. The van der Waals surface area contributed by atoms with Crippen LogP contribution in [0.15, 0.2) is 40.9 Å². The van der Waals surface area contributed by atoms with Crippen LogP contribution in [0.3, 0.4) is 0 Å². The molecule has 0 amide bonds. The van der Waals surface area contributed by atoms with Gasteiger partial charge in [-0.05, 0) is 29.8 Å². The molecule has 0 spiro atoms. The van der Waals surface area contributed by atoms with Gasteiger partial charge in [0.1, 0.15) is 0 Å². The molecule has 0 aliphatic rings. The fourth-order valence-electron chi connectivity index (χ4n) is 2.04. The largest absolute Gasteiger partial charge is 0.504 e. The SMILES string of the molecule is COCc1c(Br)cccc1NCc1ccc(O)c(OC)c1. The monoisotopic (exact) mass is 351 g/mol. The molecule has 0 bridgehead atoms. The van der Waals surface area contributed by atoms with E-state index in [0.29, 0.717) is 18.9 Å². The fraction of sp³-hybridized carbons (Fsp3) is 0.250. The van der Waals surface area contributed by atoms with Gasteiger partial charge in [-0.25, -0.2) is 0 Å². The number of phenols is 1. The second-order valence-electron chi connectivity index (χ2n) is 4.56. The average Bonchev–Trinajstić information content (AvgIpc) is 2.49. The molecule has 112 valence electrons. The molecule has 4 nitrogen and oxygen atoms in total. The molecule has 0 atom stereocenters. The third kappa shape index (κ3) is 3.89. The Morgan fingerprint density at radius 1 is 1.19 bits per heavy atom. The van der Waals surface area contributed by atoms with E-state index in [1.165, 1.54) is 7.11 Å². The topological polar surface area (TPSA) is 50.7 Å². The summed E-state index contributed by atoms with van der Waals surface area (Å²) in [6.45, 7) is 1.16. The van der Waals surface area contributed by atoms with Gasteiger partial charge in [0.15, 0.2) is 11.5 Å². The highest BCUT2D eigenvalue weighted by Crippen LogP contribution is 2.28. The molecule has 0 unspecified atom stereocenters. The van der Waals surface area contributed by atoms with Gasteiger partial charge in [0.2, 0.25) is 0 Å². The summed E-state index contributed by atoms with van der Waals surface area (Å²) >= 11 is 3.53. The molecule has 2 aromatic carbocycles. The summed E-state index contributed by atoms with van der Waals surface area (Å²) in [4.78, 5) is 0. The van der Waals surface area contributed by atoms with E-state index in [4.69, 9.17) is 9.47 Å². The van der Waals surface area contributed by atoms with Gasteiger partial charge in [0.25, 0.3) is 0 Å². The molecule has 0 saturated heterocycles. The van der Waals surface area contributed by atoms with E-state index in [0.717, 1.165) is 21.3 Å². The average molecular weight is 352 g/mol. The summed E-state index contributed by atoms with van der Waals surface area (Å²) < 4.78 is 11.4. The number of nitrogens with one attached hydrogen (secondary N) is 1. The van der Waals surface area contributed by atoms with Gasteiger partial charge in [0.05, 0.1) is 13.7 Å². The van der Waals surface area contributed by atoms with Crippen molar-refractivity contribution in [3.8, 4) is 11.5 Å². The summed E-state index contributed by atoms with van der Waals surface area (Å²) in [6.07, 6.45) is 0. The maximum Gasteiger partial charge on any atom is 0.160 e. The molecule has 0 fully saturated rings. The predicted octanol–water partition coefficient (Wildman–Crippen LogP) is 3.92. The van der Waals surface area contributed by atoms with E-state index in [1.54, 1.807) is 13.2 Å². The van der Waals surface area contributed by atoms with Crippen LogP contribution in [0.25, 0.3) is 0 Å². The maximum absolute atomic E-state index is 9.60. The molecule has 2 aromatic rings. The van der Waals surface area contributed by atoms with Crippen LogP contribution in [0, 0.1) is 0 Å². The lowest BCUT2D eigenvalue weighted by molar-refractivity contribution is 0.185. The Bertz CT molecular complexity index is 616. The van der Waals surface area contributed by atoms with Gasteiger partial charge in [0, 0.05) is 29.4 Å². The third-order valence-corrected chi connectivity index (χ3v) is 3.88. The highest BCUT2D eigenvalue weighted by Gasteiger charge is 2.07. The summed E-state index contributed by atoms with van der Waals surface area (Å²) in [5.74, 6) is 0.615. The van der Waals surface area contributed by atoms with Crippen LogP contribution in [0.2, 0.25) is 0 Å². The lowest BCUT2D eigenvalue weighted by atomic mass is 10.1. The molecule has 0 aliphatic carbocycles. The molecule has 5 heteroatoms. The van der Waals surface area contributed by atoms with Crippen LogP contribution in [0.4, 0.5) is 5.69 Å². The lowest BCUT2D eigenvalue weighted by Gasteiger charge is -2.14. The van der Waals surface area contributed by atoms with Crippen molar-refractivity contribution in [1.29, 1.82) is 0 Å². The van der Waals surface area contributed by atoms with Crippen LogP contribution in [0.5, 0.6) is 11.5 Å². The van der Waals surface area contributed by atoms with Crippen molar-refractivity contribution in [2.24, 2.45) is 0 Å². The van der Waals surface area contributed by atoms with E-state index in [1.807, 2.05) is 30.3 Å². The number of hydrogen-bond donors (Lipinski definition) is 2. The summed E-state index contributed by atoms with van der Waals surface area (Å²) in [7, 11) is 3.21. The molecular weight excluding hydrogens is 334 g/mol. The Balaban J connectivity index is 2.15. The first-order valence-corrected chi connectivity index (χ1v) is 7.31. The highest BCUT2D eigenvalue weighted by atomic mass is 79.9. The van der Waals surface area contributed by atoms with Crippen molar-refractivity contribution in [3.63, 3.8) is 0 Å². The smallest absolute Gasteiger partial charge is 0.160 e. The Morgan fingerprint density at radius 2 is 2.00 bits per heavy atom. The van der Waals surface area contributed by atoms with E-state index in [9.17, 15) is 5.11 Å². The van der Waals surface area contributed by atoms with E-state index >= 15 is 0 Å². The fourth-order valence-corrected chi connectivity index (χ4v) is 2.53. The molecule has 2 N–H and O–H groups in total. The normalized spacial score (nSPS) is 10.4. The molecule has 0 aliphatic heterocycles. The van der Waals surface area contributed by atoms with Crippen molar-refractivity contribution in [2.75, 3.05) is 19.5 Å². The minimum atomic E-state index is 0.142. The van der Waals surface area contributed by atoms with Crippen molar-refractivity contribution in [3.05, 3.63) is 52.0 Å². The van der Waals surface area contributed by atoms with Crippen LogP contribution >= 0.6 is 15.9 Å². The molecule has 21 heavy (non-hydrogen) atoms. The maximum atomic E-state index is 9.60. The molecule has 2 rings (SSSR count). The quantitative estimate of drug-likeness (QED) is 0.827. The van der Waals surface area contributed by atoms with Gasteiger partial charge in [-0.3, -0.25) is 0 Å². The van der Waals surface area contributed by atoms with Crippen LogP contribution in [-0.4, -0.2) is 19.3 Å². The highest BCUT2D eigenvalue weighted by molar-refractivity contribution is 9.10. The van der Waals surface area contributed by atoms with Crippen molar-refractivity contribution in [2.45, 2.75) is 13.2 Å². The molecule has 0 radical (unpaired) electrons. The van der Waals surface area contributed by atoms with E-state index in [2.05, 4.69) is 21.2 Å². The number of rotatable bonds is 6. The van der Waals surface area contributed by atoms with E-state index in [-0.39, 0.29) is 5.75 Å². The Kier molecular flexibility index (Phi) is 5.47. The van der Waals surface area contributed by atoms with Crippen molar-refractivity contribution < 1.29 is 14.6 Å². The van der Waals surface area contributed by atoms with Gasteiger partial charge < -0.3 is 19.9 Å². The minimum Gasteiger partial charge on any atom is -0.504 e. The lowest BCUT2D eigenvalue weighted by Crippen LogP contribution is -2.04. The summed E-state index contributed by atoms with van der Waals surface area (Å²) in [5.41, 5.74) is 3.11. The van der Waals surface area contributed by atoms with Gasteiger partial charge in [-0.1, -0.05) is 28.1 Å². The number of anilines is 1. The molecule has 0 aromatic heterocycles. The summed E-state index contributed by atoms with van der Waals surface area (Å²) in [5, 5.41) is 13.0. The van der Waals surface area contributed by atoms with Gasteiger partial charge in [-0.15, -0.1) is 0 Å². The second kappa shape index (κ2) is 7.33. The number of benzene rings is 2. The zero-order valence-corrected chi connectivity index (χ0v) is 13.6. The number of methoxy groups -OCH3 is 2. The standard InChI is InChI=1S/C16H18BrNO3/c1-20-10-12-13(17)4-3-5-14(12)18-9-11-6-7-15(19)16(8-11)21-2/h3-8,18-19H,9-10H2,1-2H3. The first kappa shape index (κ1) is 15.7. The molecule has 0 saturated carbocycles. The molecular formula is C16H18BrNO3. The van der Waals surface area contributed by atoms with Gasteiger partial charge >= 0.3 is 0 Å². The number of ether oxygens (including phenoxy) is 2. The first-order chi connectivity index (χ1) is 10.2. The Labute approximate surface area is 132 Å². The second-order valence-corrected chi connectivity index (χ2v) is 5.41. The van der Waals surface area contributed by atoms with Crippen LogP contribution < -0.4 is 10.1 Å². The van der Waals surface area contributed by atoms with Crippen LogP contribution in [-0.2, 0) is 17.9 Å². The third-order valence-electron chi connectivity index (χ3n) is 3.13. The molecule has 0 heterocycles. The van der Waals surface area contributed by atoms with E-state index < -0.39 is 0 Å². The van der Waals surface area contributed by atoms with Crippen molar-refractivity contribution >= 4 is 21.6 Å². The number of phenolic OH excluding ortho intramolecular Hbond substituents is 1. The first-order valence-electron chi connectivity index (χ1n) is 6.51.